The topological polar surface area (TPSA) is 46.3 Å². The van der Waals surface area contributed by atoms with E-state index in [2.05, 4.69) is 26.0 Å². The molecular formula is C17H26N2O. The highest BCUT2D eigenvalue weighted by Crippen LogP contribution is 2.20. The molecule has 1 heterocycles. The molecule has 0 saturated carbocycles. The standard InChI is InChI=1S/C17H26N2O/c1-13(2)14-7-9-15(10-8-14)17(20)19-11-5-3-4-6-16(19)12-18/h7-10,13,16H,3-6,11-12,18H2,1-2H3. The summed E-state index contributed by atoms with van der Waals surface area (Å²) in [5.41, 5.74) is 7.91. The fourth-order valence-corrected chi connectivity index (χ4v) is 2.87. The van der Waals surface area contributed by atoms with Crippen LogP contribution in [0.25, 0.3) is 0 Å². The van der Waals surface area contributed by atoms with Gasteiger partial charge in [0.15, 0.2) is 0 Å². The lowest BCUT2D eigenvalue weighted by Gasteiger charge is -2.29. The molecule has 0 spiro atoms. The zero-order valence-electron chi connectivity index (χ0n) is 12.6. The monoisotopic (exact) mass is 274 g/mol. The van der Waals surface area contributed by atoms with Gasteiger partial charge in [0.25, 0.3) is 5.91 Å². The van der Waals surface area contributed by atoms with E-state index in [9.17, 15) is 4.79 Å². The zero-order valence-corrected chi connectivity index (χ0v) is 12.6. The summed E-state index contributed by atoms with van der Waals surface area (Å²) < 4.78 is 0. The van der Waals surface area contributed by atoms with Crippen molar-refractivity contribution in [3.63, 3.8) is 0 Å². The predicted molar refractivity (Wildman–Crippen MR) is 82.9 cm³/mol. The first-order valence-electron chi connectivity index (χ1n) is 7.74. The average Bonchev–Trinajstić information content (AvgIpc) is 2.71. The third-order valence-corrected chi connectivity index (χ3v) is 4.23. The van der Waals surface area contributed by atoms with Crippen LogP contribution in [0.4, 0.5) is 0 Å². The van der Waals surface area contributed by atoms with Gasteiger partial charge in [-0.25, -0.2) is 0 Å². The maximum absolute atomic E-state index is 12.7. The van der Waals surface area contributed by atoms with E-state index in [-0.39, 0.29) is 11.9 Å². The van der Waals surface area contributed by atoms with Gasteiger partial charge in [-0.05, 0) is 36.5 Å². The number of rotatable bonds is 3. The Bertz CT molecular complexity index is 439. The highest BCUT2D eigenvalue weighted by molar-refractivity contribution is 5.94. The minimum Gasteiger partial charge on any atom is -0.334 e. The Morgan fingerprint density at radius 3 is 2.55 bits per heavy atom. The Morgan fingerprint density at radius 1 is 1.25 bits per heavy atom. The van der Waals surface area contributed by atoms with Gasteiger partial charge in [0.05, 0.1) is 0 Å². The highest BCUT2D eigenvalue weighted by atomic mass is 16.2. The van der Waals surface area contributed by atoms with E-state index in [0.717, 1.165) is 24.9 Å². The van der Waals surface area contributed by atoms with Gasteiger partial charge in [-0.2, -0.15) is 0 Å². The quantitative estimate of drug-likeness (QED) is 0.920. The summed E-state index contributed by atoms with van der Waals surface area (Å²) in [7, 11) is 0. The van der Waals surface area contributed by atoms with Crippen molar-refractivity contribution in [1.29, 1.82) is 0 Å². The summed E-state index contributed by atoms with van der Waals surface area (Å²) in [6.45, 7) is 5.73. The summed E-state index contributed by atoms with van der Waals surface area (Å²) in [4.78, 5) is 14.7. The minimum atomic E-state index is 0.137. The van der Waals surface area contributed by atoms with Gasteiger partial charge in [0.2, 0.25) is 0 Å². The normalized spacial score (nSPS) is 20.0. The van der Waals surface area contributed by atoms with Crippen LogP contribution in [-0.4, -0.2) is 29.9 Å². The molecule has 2 N–H and O–H groups in total. The fourth-order valence-electron chi connectivity index (χ4n) is 2.87. The maximum atomic E-state index is 12.7. The van der Waals surface area contributed by atoms with Gasteiger partial charge < -0.3 is 10.6 Å². The number of benzene rings is 1. The first kappa shape index (κ1) is 15.0. The van der Waals surface area contributed by atoms with Crippen LogP contribution in [0.5, 0.6) is 0 Å². The fraction of sp³-hybridized carbons (Fsp3) is 0.588. The van der Waals surface area contributed by atoms with Crippen molar-refractivity contribution in [2.24, 2.45) is 5.73 Å². The van der Waals surface area contributed by atoms with Crippen molar-refractivity contribution in [2.45, 2.75) is 51.5 Å². The number of nitrogens with two attached hydrogens (primary N) is 1. The molecule has 1 amide bonds. The Balaban J connectivity index is 2.15. The van der Waals surface area contributed by atoms with Crippen LogP contribution in [0, 0.1) is 0 Å². The van der Waals surface area contributed by atoms with Crippen LogP contribution in [0.1, 0.15) is 61.4 Å². The number of carbonyl (C=O) groups is 1. The molecule has 2 rings (SSSR count). The molecule has 0 bridgehead atoms. The molecule has 3 nitrogen and oxygen atoms in total. The van der Waals surface area contributed by atoms with Crippen molar-refractivity contribution in [3.05, 3.63) is 35.4 Å². The van der Waals surface area contributed by atoms with E-state index in [0.29, 0.717) is 12.5 Å². The number of nitrogens with zero attached hydrogens (tertiary/aromatic N) is 1. The molecule has 1 aromatic carbocycles. The van der Waals surface area contributed by atoms with Crippen LogP contribution in [-0.2, 0) is 0 Å². The summed E-state index contributed by atoms with van der Waals surface area (Å²) in [6.07, 6.45) is 4.50. The molecule has 1 saturated heterocycles. The van der Waals surface area contributed by atoms with E-state index >= 15 is 0 Å². The molecular weight excluding hydrogens is 248 g/mol. The van der Waals surface area contributed by atoms with E-state index in [1.807, 2.05) is 17.0 Å². The number of likely N-dealkylation sites (tertiary alicyclic amines) is 1. The van der Waals surface area contributed by atoms with Crippen LogP contribution in [0.3, 0.4) is 0 Å². The van der Waals surface area contributed by atoms with Gasteiger partial charge in [-0.15, -0.1) is 0 Å². The second kappa shape index (κ2) is 6.89. The summed E-state index contributed by atoms with van der Waals surface area (Å²) in [5.74, 6) is 0.631. The van der Waals surface area contributed by atoms with Crippen molar-refractivity contribution in [1.82, 2.24) is 4.90 Å². The Morgan fingerprint density at radius 2 is 1.95 bits per heavy atom. The van der Waals surface area contributed by atoms with Crippen LogP contribution in [0.2, 0.25) is 0 Å². The molecule has 0 aromatic heterocycles. The Labute approximate surface area is 122 Å². The number of hydrogen-bond donors (Lipinski definition) is 1. The first-order valence-corrected chi connectivity index (χ1v) is 7.74. The van der Waals surface area contributed by atoms with E-state index < -0.39 is 0 Å². The van der Waals surface area contributed by atoms with E-state index in [1.54, 1.807) is 0 Å². The predicted octanol–water partition coefficient (Wildman–Crippen LogP) is 3.15. The lowest BCUT2D eigenvalue weighted by atomic mass is 10.0. The lowest BCUT2D eigenvalue weighted by Crippen LogP contribution is -2.44. The molecule has 1 fully saturated rings. The number of amides is 1. The van der Waals surface area contributed by atoms with Crippen molar-refractivity contribution >= 4 is 5.91 Å². The van der Waals surface area contributed by atoms with Crippen LogP contribution in [0.15, 0.2) is 24.3 Å². The molecule has 110 valence electrons. The lowest BCUT2D eigenvalue weighted by molar-refractivity contribution is 0.0689. The largest absolute Gasteiger partial charge is 0.334 e. The zero-order chi connectivity index (χ0) is 14.5. The Hall–Kier alpha value is -1.35. The second-order valence-electron chi connectivity index (χ2n) is 6.01. The molecule has 1 aromatic rings. The van der Waals surface area contributed by atoms with Gasteiger partial charge in [-0.3, -0.25) is 4.79 Å². The van der Waals surface area contributed by atoms with Gasteiger partial charge in [0, 0.05) is 24.7 Å². The summed E-state index contributed by atoms with van der Waals surface area (Å²) in [6, 6.07) is 8.24. The van der Waals surface area contributed by atoms with Crippen molar-refractivity contribution in [2.75, 3.05) is 13.1 Å². The molecule has 20 heavy (non-hydrogen) atoms. The third kappa shape index (κ3) is 3.40. The highest BCUT2D eigenvalue weighted by Gasteiger charge is 2.25. The van der Waals surface area contributed by atoms with Crippen LogP contribution >= 0.6 is 0 Å². The molecule has 1 unspecified atom stereocenters. The van der Waals surface area contributed by atoms with E-state index in [4.69, 9.17) is 5.73 Å². The van der Waals surface area contributed by atoms with Crippen molar-refractivity contribution < 1.29 is 4.79 Å². The molecule has 0 aliphatic carbocycles. The molecule has 1 aliphatic heterocycles. The maximum Gasteiger partial charge on any atom is 0.254 e. The van der Waals surface area contributed by atoms with Crippen molar-refractivity contribution in [3.8, 4) is 0 Å². The average molecular weight is 274 g/mol. The van der Waals surface area contributed by atoms with E-state index in [1.165, 1.54) is 18.4 Å². The van der Waals surface area contributed by atoms with Gasteiger partial charge in [-0.1, -0.05) is 38.8 Å². The summed E-state index contributed by atoms with van der Waals surface area (Å²) >= 11 is 0. The number of hydrogen-bond acceptors (Lipinski definition) is 2. The SMILES string of the molecule is CC(C)c1ccc(C(=O)N2CCCCCC2CN)cc1. The molecule has 1 aliphatic rings. The number of carbonyl (C=O) groups excluding carboxylic acids is 1. The van der Waals surface area contributed by atoms with Gasteiger partial charge >= 0.3 is 0 Å². The second-order valence-corrected chi connectivity index (χ2v) is 6.01. The van der Waals surface area contributed by atoms with Crippen LogP contribution < -0.4 is 5.73 Å². The van der Waals surface area contributed by atoms with Gasteiger partial charge in [0.1, 0.15) is 0 Å². The third-order valence-electron chi connectivity index (χ3n) is 4.23. The molecule has 0 radical (unpaired) electrons. The summed E-state index contributed by atoms with van der Waals surface area (Å²) in [5, 5.41) is 0. The minimum absolute atomic E-state index is 0.137. The molecule has 3 heteroatoms. The first-order chi connectivity index (χ1) is 9.63. The smallest absolute Gasteiger partial charge is 0.254 e. The Kier molecular flexibility index (Phi) is 5.18. The molecule has 1 atom stereocenters.